The largest absolute Gasteiger partial charge is 0.340 e. The minimum Gasteiger partial charge on any atom is -0.340 e. The van der Waals surface area contributed by atoms with Crippen LogP contribution < -0.4 is 5.32 Å². The van der Waals surface area contributed by atoms with E-state index >= 15 is 0 Å². The summed E-state index contributed by atoms with van der Waals surface area (Å²) < 4.78 is 67.0. The van der Waals surface area contributed by atoms with Crippen molar-refractivity contribution in [3.05, 3.63) is 59.4 Å². The molecular formula is C20H18F3N3O4S. The van der Waals surface area contributed by atoms with Gasteiger partial charge in [0.25, 0.3) is 0 Å². The molecule has 0 aromatic heterocycles. The van der Waals surface area contributed by atoms with E-state index in [4.69, 9.17) is 0 Å². The first-order chi connectivity index (χ1) is 14.7. The number of carbonyl (C=O) groups excluding carboxylic acids is 2. The van der Waals surface area contributed by atoms with Crippen LogP contribution in [0.4, 0.5) is 18.9 Å². The molecule has 0 bridgehead atoms. The maximum absolute atomic E-state index is 14.0. The SMILES string of the molecule is O=C1C[C@H](C(=O)N2CCN(S(=O)(=O)c3ccc(F)cc3F)CC2)c2ccc(F)cc2N1. The summed E-state index contributed by atoms with van der Waals surface area (Å²) in [7, 11) is -4.20. The molecule has 0 saturated carbocycles. The van der Waals surface area contributed by atoms with Crippen LogP contribution in [0.3, 0.4) is 0 Å². The fourth-order valence-electron chi connectivity index (χ4n) is 3.85. The molecule has 2 aromatic rings. The number of nitrogens with one attached hydrogen (secondary N) is 1. The van der Waals surface area contributed by atoms with E-state index in [2.05, 4.69) is 5.32 Å². The van der Waals surface area contributed by atoms with E-state index in [1.54, 1.807) is 0 Å². The molecule has 7 nitrogen and oxygen atoms in total. The van der Waals surface area contributed by atoms with Crippen molar-refractivity contribution in [3.63, 3.8) is 0 Å². The Morgan fingerprint density at radius 2 is 1.61 bits per heavy atom. The molecule has 31 heavy (non-hydrogen) atoms. The van der Waals surface area contributed by atoms with Gasteiger partial charge >= 0.3 is 0 Å². The predicted molar refractivity (Wildman–Crippen MR) is 104 cm³/mol. The van der Waals surface area contributed by atoms with Gasteiger partial charge in [-0.3, -0.25) is 9.59 Å². The highest BCUT2D eigenvalue weighted by atomic mass is 32.2. The van der Waals surface area contributed by atoms with Crippen molar-refractivity contribution >= 4 is 27.5 Å². The number of sulfonamides is 1. The first-order valence-electron chi connectivity index (χ1n) is 9.50. The zero-order valence-corrected chi connectivity index (χ0v) is 17.0. The number of benzene rings is 2. The van der Waals surface area contributed by atoms with Gasteiger partial charge in [-0.25, -0.2) is 21.6 Å². The lowest BCUT2D eigenvalue weighted by molar-refractivity contribution is -0.136. The normalized spacial score (nSPS) is 19.6. The van der Waals surface area contributed by atoms with Gasteiger partial charge in [0.15, 0.2) is 0 Å². The van der Waals surface area contributed by atoms with Crippen LogP contribution in [0, 0.1) is 17.5 Å². The Balaban J connectivity index is 1.49. The van der Waals surface area contributed by atoms with Crippen LogP contribution in [-0.4, -0.2) is 55.6 Å². The lowest BCUT2D eigenvalue weighted by atomic mass is 9.89. The van der Waals surface area contributed by atoms with Crippen molar-refractivity contribution in [2.45, 2.75) is 17.2 Å². The zero-order chi connectivity index (χ0) is 22.3. The maximum atomic E-state index is 14.0. The van der Waals surface area contributed by atoms with Crippen molar-refractivity contribution < 1.29 is 31.2 Å². The summed E-state index contributed by atoms with van der Waals surface area (Å²) in [6.07, 6.45) is -0.100. The lowest BCUT2D eigenvalue weighted by Crippen LogP contribution is -2.52. The summed E-state index contributed by atoms with van der Waals surface area (Å²) in [6.45, 7) is -0.0921. The number of rotatable bonds is 3. The molecule has 2 heterocycles. The highest BCUT2D eigenvalue weighted by molar-refractivity contribution is 7.89. The van der Waals surface area contributed by atoms with E-state index in [0.29, 0.717) is 11.6 Å². The highest BCUT2D eigenvalue weighted by Crippen LogP contribution is 2.34. The summed E-state index contributed by atoms with van der Waals surface area (Å²) in [4.78, 5) is 25.8. The summed E-state index contributed by atoms with van der Waals surface area (Å²) in [5.41, 5.74) is 0.733. The topological polar surface area (TPSA) is 86.8 Å². The van der Waals surface area contributed by atoms with Gasteiger partial charge < -0.3 is 10.2 Å². The van der Waals surface area contributed by atoms with E-state index < -0.39 is 44.2 Å². The predicted octanol–water partition coefficient (Wildman–Crippen LogP) is 2.06. The van der Waals surface area contributed by atoms with Gasteiger partial charge in [0.2, 0.25) is 21.8 Å². The van der Waals surface area contributed by atoms with E-state index in [1.807, 2.05) is 0 Å². The summed E-state index contributed by atoms with van der Waals surface area (Å²) in [6, 6.07) is 6.04. The number of fused-ring (bicyclic) bond motifs is 1. The number of hydrogen-bond donors (Lipinski definition) is 1. The molecule has 164 valence electrons. The first-order valence-corrected chi connectivity index (χ1v) is 10.9. The number of amides is 2. The minimum absolute atomic E-state index is 0.0372. The molecule has 0 radical (unpaired) electrons. The number of carbonyl (C=O) groups is 2. The molecule has 2 aliphatic rings. The van der Waals surface area contributed by atoms with Gasteiger partial charge in [-0.2, -0.15) is 4.31 Å². The molecule has 0 aliphatic carbocycles. The third-order valence-electron chi connectivity index (χ3n) is 5.41. The Kier molecular flexibility index (Phi) is 5.48. The molecule has 2 amide bonds. The molecule has 0 unspecified atom stereocenters. The van der Waals surface area contributed by atoms with Gasteiger partial charge in [0.1, 0.15) is 22.3 Å². The fraction of sp³-hybridized carbons (Fsp3) is 0.300. The quantitative estimate of drug-likeness (QED) is 0.771. The molecule has 11 heteroatoms. The Morgan fingerprint density at radius 1 is 0.968 bits per heavy atom. The number of anilines is 1. The van der Waals surface area contributed by atoms with Crippen LogP contribution in [0.5, 0.6) is 0 Å². The van der Waals surface area contributed by atoms with Gasteiger partial charge in [-0.15, -0.1) is 0 Å². The van der Waals surface area contributed by atoms with Crippen LogP contribution in [0.25, 0.3) is 0 Å². The first kappa shape index (κ1) is 21.3. The molecular weight excluding hydrogens is 435 g/mol. The van der Waals surface area contributed by atoms with Crippen LogP contribution in [0.15, 0.2) is 41.3 Å². The third-order valence-corrected chi connectivity index (χ3v) is 7.35. The van der Waals surface area contributed by atoms with Gasteiger partial charge in [-0.1, -0.05) is 6.07 Å². The maximum Gasteiger partial charge on any atom is 0.246 e. The van der Waals surface area contributed by atoms with E-state index in [0.717, 1.165) is 22.5 Å². The lowest BCUT2D eigenvalue weighted by Gasteiger charge is -2.36. The van der Waals surface area contributed by atoms with Crippen molar-refractivity contribution in [2.24, 2.45) is 0 Å². The molecule has 4 rings (SSSR count). The molecule has 1 atom stereocenters. The van der Waals surface area contributed by atoms with Crippen LogP contribution in [0.1, 0.15) is 17.9 Å². The number of hydrogen-bond acceptors (Lipinski definition) is 4. The Bertz CT molecular complexity index is 1160. The van der Waals surface area contributed by atoms with Crippen LogP contribution in [-0.2, 0) is 19.6 Å². The van der Waals surface area contributed by atoms with Crippen molar-refractivity contribution in [1.82, 2.24) is 9.21 Å². The van der Waals surface area contributed by atoms with Crippen molar-refractivity contribution in [2.75, 3.05) is 31.5 Å². The second kappa shape index (κ2) is 7.97. The van der Waals surface area contributed by atoms with E-state index in [1.165, 1.54) is 17.0 Å². The fourth-order valence-corrected chi connectivity index (χ4v) is 5.32. The Labute approximate surface area is 176 Å². The zero-order valence-electron chi connectivity index (χ0n) is 16.1. The van der Waals surface area contributed by atoms with Crippen molar-refractivity contribution in [3.8, 4) is 0 Å². The smallest absolute Gasteiger partial charge is 0.246 e. The van der Waals surface area contributed by atoms with E-state index in [-0.39, 0.29) is 44.2 Å². The summed E-state index contributed by atoms with van der Waals surface area (Å²) >= 11 is 0. The Morgan fingerprint density at radius 3 is 2.29 bits per heavy atom. The van der Waals surface area contributed by atoms with Crippen LogP contribution >= 0.6 is 0 Å². The highest BCUT2D eigenvalue weighted by Gasteiger charge is 2.37. The molecule has 1 N–H and O–H groups in total. The van der Waals surface area contributed by atoms with Gasteiger partial charge in [0.05, 0.1) is 5.92 Å². The molecule has 1 saturated heterocycles. The van der Waals surface area contributed by atoms with Crippen LogP contribution in [0.2, 0.25) is 0 Å². The second-order valence-corrected chi connectivity index (χ2v) is 9.25. The average molecular weight is 453 g/mol. The molecule has 2 aromatic carbocycles. The van der Waals surface area contributed by atoms with E-state index in [9.17, 15) is 31.2 Å². The third kappa shape index (κ3) is 4.02. The molecule has 1 fully saturated rings. The monoisotopic (exact) mass is 453 g/mol. The minimum atomic E-state index is -4.20. The van der Waals surface area contributed by atoms with Gasteiger partial charge in [0, 0.05) is 44.4 Å². The average Bonchev–Trinajstić information content (AvgIpc) is 2.72. The number of piperazine rings is 1. The Hall–Kier alpha value is -2.92. The van der Waals surface area contributed by atoms with Gasteiger partial charge in [-0.05, 0) is 29.8 Å². The molecule has 2 aliphatic heterocycles. The summed E-state index contributed by atoms with van der Waals surface area (Å²) in [5.74, 6) is -4.20. The standard InChI is InChI=1S/C20H18F3N3O4S/c21-12-2-4-18(16(23)9-12)31(29,30)26-7-5-25(6-8-26)20(28)15-11-19(27)24-17-10-13(22)1-3-14(15)17/h1-4,9-10,15H,5-8,11H2,(H,24,27)/t15-/m0/s1. The number of nitrogens with zero attached hydrogens (tertiary/aromatic N) is 2. The second-order valence-electron chi connectivity index (χ2n) is 7.34. The van der Waals surface area contributed by atoms with Crippen molar-refractivity contribution in [1.29, 1.82) is 0 Å². The number of halogens is 3. The summed E-state index contributed by atoms with van der Waals surface area (Å²) in [5, 5.41) is 2.54. The molecule has 0 spiro atoms.